The Morgan fingerprint density at radius 3 is 1.09 bits per heavy atom. The second-order valence-electron chi connectivity index (χ2n) is 15.4. The van der Waals surface area contributed by atoms with E-state index in [-0.39, 0.29) is 33.5 Å². The standard InChI is InChI=1S/2C19H24NO2S.C8H5.Al/c2*1-13(2)17-7-6-8-18(14(3)4)19(17)20-23(21,22)16-11-9-15(5)10-12-16;1-2-8-6-4-3-5-7-8;/h2*6-14H,1-5H3;3-7H;/q2*-1;;+2. The summed E-state index contributed by atoms with van der Waals surface area (Å²) in [6, 6.07) is 34.7. The van der Waals surface area contributed by atoms with Crippen LogP contribution in [0.2, 0.25) is 0 Å². The van der Waals surface area contributed by atoms with Crippen LogP contribution in [-0.2, 0) is 20.0 Å². The molecule has 0 radical (unpaired) electrons. The normalized spacial score (nSPS) is 11.9. The minimum absolute atomic E-state index is 0.0688. The topological polar surface area (TPSA) is 74.8 Å². The lowest BCUT2D eigenvalue weighted by Crippen LogP contribution is -2.58. The van der Waals surface area contributed by atoms with Gasteiger partial charge in [-0.05, 0) is 96.2 Å². The molecule has 0 atom stereocenters. The molecule has 0 aliphatic rings. The lowest BCUT2D eigenvalue weighted by Gasteiger charge is -2.39. The van der Waals surface area contributed by atoms with Gasteiger partial charge >= 0.3 is 14.6 Å². The van der Waals surface area contributed by atoms with E-state index in [1.807, 2.05) is 136 Å². The Bertz CT molecular complexity index is 2200. The second-order valence-corrected chi connectivity index (χ2v) is 21.9. The summed E-state index contributed by atoms with van der Waals surface area (Å²) in [6.07, 6.45) is 0. The van der Waals surface area contributed by atoms with E-state index >= 15 is 16.8 Å². The van der Waals surface area contributed by atoms with E-state index in [4.69, 9.17) is 0 Å². The van der Waals surface area contributed by atoms with Gasteiger partial charge in [-0.2, -0.15) is 0 Å². The van der Waals surface area contributed by atoms with E-state index in [1.54, 1.807) is 48.5 Å². The highest BCUT2D eigenvalue weighted by Gasteiger charge is 2.51. The van der Waals surface area contributed by atoms with Crippen LogP contribution in [0.3, 0.4) is 0 Å². The minimum Gasteiger partial charge on any atom is -0.325 e. The van der Waals surface area contributed by atoms with Crippen molar-refractivity contribution in [2.45, 2.75) is 103 Å². The molecule has 9 heteroatoms. The van der Waals surface area contributed by atoms with Crippen LogP contribution in [0, 0.1) is 24.6 Å². The Hall–Kier alpha value is -4.31. The molecule has 0 aliphatic heterocycles. The Morgan fingerprint density at radius 2 is 0.782 bits per heavy atom. The van der Waals surface area contributed by atoms with Gasteiger partial charge < -0.3 is 6.58 Å². The van der Waals surface area contributed by atoms with E-state index in [0.717, 1.165) is 33.4 Å². The average Bonchev–Trinajstić information content (AvgIpc) is 3.14. The van der Waals surface area contributed by atoms with Crippen molar-refractivity contribution in [1.29, 1.82) is 0 Å². The molecule has 0 fully saturated rings. The molecule has 0 spiro atoms. The zero-order valence-electron chi connectivity index (χ0n) is 33.7. The zero-order chi connectivity index (χ0) is 40.2. The number of para-hydroxylation sites is 2. The Labute approximate surface area is 335 Å². The second kappa shape index (κ2) is 17.2. The maximum atomic E-state index is 15.8. The number of aryl methyl sites for hydroxylation is 2. The first-order valence-corrected chi connectivity index (χ1v) is 23.5. The lowest BCUT2D eigenvalue weighted by atomic mass is 9.93. The van der Waals surface area contributed by atoms with Gasteiger partial charge in [-0.25, -0.2) is 16.8 Å². The van der Waals surface area contributed by atoms with Gasteiger partial charge in [0.15, 0.2) is 0 Å². The van der Waals surface area contributed by atoms with Gasteiger partial charge in [0.05, 0.1) is 9.79 Å². The molecule has 6 nitrogen and oxygen atoms in total. The molecule has 0 saturated carbocycles. The van der Waals surface area contributed by atoms with Crippen molar-refractivity contribution in [3.05, 3.63) is 154 Å². The van der Waals surface area contributed by atoms with E-state index in [2.05, 4.69) is 10.7 Å². The van der Waals surface area contributed by atoms with Gasteiger partial charge in [-0.1, -0.05) is 151 Å². The quantitative estimate of drug-likeness (QED) is 0.0932. The molecule has 0 N–H and O–H groups in total. The van der Waals surface area contributed by atoms with Gasteiger partial charge in [0.1, 0.15) is 0 Å². The van der Waals surface area contributed by atoms with E-state index in [1.165, 1.54) is 6.58 Å². The summed E-state index contributed by atoms with van der Waals surface area (Å²) in [5.41, 5.74) is 6.65. The molecule has 0 aliphatic carbocycles. The zero-order valence-corrected chi connectivity index (χ0v) is 36.5. The van der Waals surface area contributed by atoms with Crippen LogP contribution in [-0.4, -0.2) is 31.4 Å². The predicted octanol–water partition coefficient (Wildman–Crippen LogP) is 11.0. The van der Waals surface area contributed by atoms with Crippen LogP contribution >= 0.6 is 0 Å². The minimum atomic E-state index is -4.47. The number of anilines is 2. The molecule has 55 heavy (non-hydrogen) atoms. The third kappa shape index (κ3) is 8.90. The van der Waals surface area contributed by atoms with Crippen LogP contribution in [0.4, 0.5) is 11.4 Å². The van der Waals surface area contributed by atoms with Gasteiger partial charge in [0, 0.05) is 16.9 Å². The highest BCUT2D eigenvalue weighted by atomic mass is 32.2. The Morgan fingerprint density at radius 1 is 0.455 bits per heavy atom. The van der Waals surface area contributed by atoms with E-state index in [0.29, 0.717) is 16.9 Å². The SMILES string of the molecule is Cc1ccc(S(=O)(=O)[N](c2c(C(C)C)cccc2C(C)C)[Al]([C]#Cc2ccccc2)[N](c2c(C(C)C)cccc2C(C)C)S(=O)(=O)c2ccc(C)cc2)cc1. The molecule has 5 aromatic rings. The summed E-state index contributed by atoms with van der Waals surface area (Å²) in [5.74, 6) is 2.91. The monoisotopic (exact) mass is 788 g/mol. The van der Waals surface area contributed by atoms with Crippen molar-refractivity contribution in [2.24, 2.45) is 0 Å². The molecule has 5 aromatic carbocycles. The van der Waals surface area contributed by atoms with Gasteiger partial charge in [-0.3, -0.25) is 0 Å². The van der Waals surface area contributed by atoms with Gasteiger partial charge in [0.25, 0.3) is 0 Å². The largest absolute Gasteiger partial charge is 0.713 e. The van der Waals surface area contributed by atoms with Crippen LogP contribution < -0.4 is 6.58 Å². The third-order valence-corrected chi connectivity index (χ3v) is 17.7. The fraction of sp³-hybridized carbons (Fsp3) is 0.304. The maximum Gasteiger partial charge on any atom is 0.713 e. The van der Waals surface area contributed by atoms with Crippen molar-refractivity contribution in [2.75, 3.05) is 6.58 Å². The third-order valence-electron chi connectivity index (χ3n) is 9.84. The number of rotatable bonds is 12. The Balaban J connectivity index is 2.08. The smallest absolute Gasteiger partial charge is 0.325 e. The fourth-order valence-corrected chi connectivity index (χ4v) is 14.8. The Kier molecular flexibility index (Phi) is 13.1. The van der Waals surface area contributed by atoms with Crippen molar-refractivity contribution in [3.63, 3.8) is 0 Å². The van der Waals surface area contributed by atoms with Crippen LogP contribution in [0.15, 0.2) is 125 Å². The van der Waals surface area contributed by atoms with Crippen molar-refractivity contribution in [1.82, 2.24) is 0 Å². The van der Waals surface area contributed by atoms with E-state index in [9.17, 15) is 0 Å². The lowest BCUT2D eigenvalue weighted by molar-refractivity contribution is 0.596. The summed E-state index contributed by atoms with van der Waals surface area (Å²) < 4.78 is 66.1. The molecular weight excluding hydrogens is 736 g/mol. The average molecular weight is 789 g/mol. The summed E-state index contributed by atoms with van der Waals surface area (Å²) in [4.78, 5) is 3.59. The number of benzene rings is 5. The number of sulfonamides is 2. The molecule has 0 amide bonds. The summed E-state index contributed by atoms with van der Waals surface area (Å²) >= 11 is -3.85. The summed E-state index contributed by atoms with van der Waals surface area (Å²) in [7, 11) is -8.94. The van der Waals surface area contributed by atoms with Crippen molar-refractivity contribution >= 4 is 46.0 Å². The van der Waals surface area contributed by atoms with Crippen LogP contribution in [0.25, 0.3) is 0 Å². The van der Waals surface area contributed by atoms with Crippen molar-refractivity contribution in [3.8, 4) is 10.7 Å². The maximum absolute atomic E-state index is 15.8. The number of hydrogen-bond donors (Lipinski definition) is 0. The molecule has 0 aromatic heterocycles. The molecule has 0 heterocycles. The molecule has 5 rings (SSSR count). The van der Waals surface area contributed by atoms with Gasteiger partial charge in [0.2, 0.25) is 20.0 Å². The fourth-order valence-electron chi connectivity index (χ4n) is 6.81. The first-order chi connectivity index (χ1) is 26.0. The predicted molar refractivity (Wildman–Crippen MR) is 230 cm³/mol. The first kappa shape index (κ1) is 41.8. The number of nitrogens with zero attached hydrogens (tertiary/aromatic N) is 2. The molecular formula is C46H53AlN2O4S2. The molecule has 0 bridgehead atoms. The summed E-state index contributed by atoms with van der Waals surface area (Å²) in [6.45, 7) is 20.1. The summed E-state index contributed by atoms with van der Waals surface area (Å²) in [5, 5.41) is 0. The van der Waals surface area contributed by atoms with Crippen molar-refractivity contribution < 1.29 is 16.8 Å². The van der Waals surface area contributed by atoms with E-state index < -0.39 is 34.6 Å². The molecule has 286 valence electrons. The number of hydrogen-bond acceptors (Lipinski definition) is 4. The van der Waals surface area contributed by atoms with Gasteiger partial charge in [-0.15, -0.1) is 4.78 Å². The van der Waals surface area contributed by atoms with Crippen LogP contribution in [0.1, 0.15) is 118 Å². The first-order valence-electron chi connectivity index (χ1n) is 19.0. The van der Waals surface area contributed by atoms with Crippen LogP contribution in [0.5, 0.6) is 0 Å². The molecule has 0 unspecified atom stereocenters. The highest BCUT2D eigenvalue weighted by Crippen LogP contribution is 2.44. The highest BCUT2D eigenvalue weighted by molar-refractivity contribution is 7.97. The molecule has 0 saturated heterocycles.